The zero-order valence-electron chi connectivity index (χ0n) is 10.7. The largest absolute Gasteiger partial charge is 0.336 e. The first-order valence-corrected chi connectivity index (χ1v) is 5.78. The summed E-state index contributed by atoms with van der Waals surface area (Å²) >= 11 is 0. The number of ether oxygens (including phenoxy) is 2. The second-order valence-electron chi connectivity index (χ2n) is 3.76. The van der Waals surface area contributed by atoms with Crippen LogP contribution in [0, 0.1) is 11.8 Å². The molecule has 0 saturated heterocycles. The smallest absolute Gasteiger partial charge is 0.231 e. The van der Waals surface area contributed by atoms with Crippen LogP contribution < -0.4 is 0 Å². The SMILES string of the molecule is C=CCOC(C)(C#Cc1ccccc1)OCC=C. The molecule has 0 spiro atoms. The third kappa shape index (κ3) is 5.01. The molecule has 0 unspecified atom stereocenters. The maximum atomic E-state index is 5.54. The van der Waals surface area contributed by atoms with E-state index in [1.165, 1.54) is 0 Å². The molecule has 0 N–H and O–H groups in total. The highest BCUT2D eigenvalue weighted by molar-refractivity contribution is 5.35. The highest BCUT2D eigenvalue weighted by Crippen LogP contribution is 2.12. The summed E-state index contributed by atoms with van der Waals surface area (Å²) in [6.45, 7) is 9.79. The van der Waals surface area contributed by atoms with Crippen molar-refractivity contribution in [2.75, 3.05) is 13.2 Å². The van der Waals surface area contributed by atoms with Gasteiger partial charge in [-0.15, -0.1) is 13.2 Å². The Bertz CT molecular complexity index is 425. The second-order valence-corrected chi connectivity index (χ2v) is 3.76. The van der Waals surface area contributed by atoms with Gasteiger partial charge in [0.15, 0.2) is 0 Å². The first-order valence-electron chi connectivity index (χ1n) is 5.78. The van der Waals surface area contributed by atoms with Gasteiger partial charge in [-0.05, 0) is 18.1 Å². The minimum absolute atomic E-state index is 0.386. The van der Waals surface area contributed by atoms with E-state index in [0.29, 0.717) is 13.2 Å². The maximum Gasteiger partial charge on any atom is 0.231 e. The Labute approximate surface area is 109 Å². The fraction of sp³-hybridized carbons (Fsp3) is 0.250. The fourth-order valence-corrected chi connectivity index (χ4v) is 1.26. The average molecular weight is 242 g/mol. The first-order chi connectivity index (χ1) is 8.70. The molecule has 1 aromatic carbocycles. The van der Waals surface area contributed by atoms with Crippen molar-refractivity contribution in [1.82, 2.24) is 0 Å². The molecule has 1 aromatic rings. The van der Waals surface area contributed by atoms with Crippen molar-refractivity contribution in [3.8, 4) is 11.8 Å². The van der Waals surface area contributed by atoms with Crippen molar-refractivity contribution in [3.63, 3.8) is 0 Å². The normalized spacial score (nSPS) is 10.3. The fourth-order valence-electron chi connectivity index (χ4n) is 1.26. The Morgan fingerprint density at radius 2 is 1.67 bits per heavy atom. The number of hydrogen-bond acceptors (Lipinski definition) is 2. The molecule has 94 valence electrons. The lowest BCUT2D eigenvalue weighted by molar-refractivity contribution is -0.170. The van der Waals surface area contributed by atoms with E-state index >= 15 is 0 Å². The second kappa shape index (κ2) is 7.50. The monoisotopic (exact) mass is 242 g/mol. The summed E-state index contributed by atoms with van der Waals surface area (Å²) in [5, 5.41) is 0. The molecular formula is C16H18O2. The van der Waals surface area contributed by atoms with Crippen LogP contribution in [0.1, 0.15) is 12.5 Å². The molecule has 0 aliphatic heterocycles. The molecule has 2 heteroatoms. The van der Waals surface area contributed by atoms with Crippen molar-refractivity contribution >= 4 is 0 Å². The zero-order valence-corrected chi connectivity index (χ0v) is 10.7. The van der Waals surface area contributed by atoms with E-state index in [2.05, 4.69) is 25.0 Å². The van der Waals surface area contributed by atoms with Gasteiger partial charge in [0, 0.05) is 12.5 Å². The third-order valence-corrected chi connectivity index (χ3v) is 2.16. The van der Waals surface area contributed by atoms with Crippen molar-refractivity contribution in [2.24, 2.45) is 0 Å². The van der Waals surface area contributed by atoms with E-state index in [9.17, 15) is 0 Å². The predicted octanol–water partition coefficient (Wildman–Crippen LogP) is 3.16. The summed E-state index contributed by atoms with van der Waals surface area (Å²) in [6, 6.07) is 9.71. The van der Waals surface area contributed by atoms with Crippen LogP contribution >= 0.6 is 0 Å². The van der Waals surface area contributed by atoms with Crippen molar-refractivity contribution in [3.05, 3.63) is 61.2 Å². The van der Waals surface area contributed by atoms with E-state index in [0.717, 1.165) is 5.56 Å². The molecular weight excluding hydrogens is 224 g/mol. The summed E-state index contributed by atoms with van der Waals surface area (Å²) < 4.78 is 11.1. The van der Waals surface area contributed by atoms with Crippen LogP contribution in [0.15, 0.2) is 55.6 Å². The van der Waals surface area contributed by atoms with Gasteiger partial charge < -0.3 is 9.47 Å². The molecule has 2 nitrogen and oxygen atoms in total. The predicted molar refractivity (Wildman–Crippen MR) is 74.0 cm³/mol. The van der Waals surface area contributed by atoms with Gasteiger partial charge in [-0.1, -0.05) is 36.3 Å². The van der Waals surface area contributed by atoms with Crippen LogP contribution in [0.25, 0.3) is 0 Å². The van der Waals surface area contributed by atoms with Gasteiger partial charge >= 0.3 is 0 Å². The molecule has 0 aliphatic rings. The Morgan fingerprint density at radius 1 is 1.11 bits per heavy atom. The summed E-state index contributed by atoms with van der Waals surface area (Å²) in [5.74, 6) is 5.08. The van der Waals surface area contributed by atoms with Crippen LogP contribution in [0.3, 0.4) is 0 Å². The van der Waals surface area contributed by atoms with E-state index in [4.69, 9.17) is 9.47 Å². The molecule has 0 heterocycles. The molecule has 0 aliphatic carbocycles. The average Bonchev–Trinajstić information content (AvgIpc) is 2.42. The van der Waals surface area contributed by atoms with Gasteiger partial charge in [0.2, 0.25) is 5.79 Å². The van der Waals surface area contributed by atoms with Gasteiger partial charge in [0.1, 0.15) is 0 Å². The molecule has 0 bridgehead atoms. The zero-order chi connectivity index (χ0) is 13.3. The van der Waals surface area contributed by atoms with Gasteiger partial charge in [0.05, 0.1) is 13.2 Å². The van der Waals surface area contributed by atoms with E-state index in [1.807, 2.05) is 30.3 Å². The lowest BCUT2D eigenvalue weighted by Gasteiger charge is -2.23. The summed E-state index contributed by atoms with van der Waals surface area (Å²) in [6.07, 6.45) is 3.33. The van der Waals surface area contributed by atoms with Crippen molar-refractivity contribution < 1.29 is 9.47 Å². The highest BCUT2D eigenvalue weighted by Gasteiger charge is 2.21. The molecule has 0 fully saturated rings. The van der Waals surface area contributed by atoms with Crippen LogP contribution in [-0.2, 0) is 9.47 Å². The number of benzene rings is 1. The molecule has 0 aromatic heterocycles. The Balaban J connectivity index is 2.80. The number of hydrogen-bond donors (Lipinski definition) is 0. The van der Waals surface area contributed by atoms with Crippen LogP contribution in [-0.4, -0.2) is 19.0 Å². The standard InChI is InChI=1S/C16H18O2/c1-4-13-17-16(3,18-14-5-2)12-11-15-9-7-6-8-10-15/h4-10H,1-2,13-14H2,3H3. The molecule has 0 saturated carbocycles. The lowest BCUT2D eigenvalue weighted by atomic mass is 10.2. The third-order valence-electron chi connectivity index (χ3n) is 2.16. The van der Waals surface area contributed by atoms with Gasteiger partial charge in [0.25, 0.3) is 0 Å². The number of rotatable bonds is 6. The Hall–Kier alpha value is -1.82. The van der Waals surface area contributed by atoms with Crippen LogP contribution in [0.4, 0.5) is 0 Å². The highest BCUT2D eigenvalue weighted by atomic mass is 16.7. The van der Waals surface area contributed by atoms with E-state index < -0.39 is 5.79 Å². The van der Waals surface area contributed by atoms with Gasteiger partial charge in [-0.2, -0.15) is 0 Å². The maximum absolute atomic E-state index is 5.54. The molecule has 0 radical (unpaired) electrons. The van der Waals surface area contributed by atoms with Crippen molar-refractivity contribution in [1.29, 1.82) is 0 Å². The summed E-state index contributed by atoms with van der Waals surface area (Å²) in [4.78, 5) is 0. The minimum Gasteiger partial charge on any atom is -0.336 e. The molecule has 1 rings (SSSR count). The summed E-state index contributed by atoms with van der Waals surface area (Å²) in [7, 11) is 0. The topological polar surface area (TPSA) is 18.5 Å². The van der Waals surface area contributed by atoms with Crippen LogP contribution in [0.5, 0.6) is 0 Å². The van der Waals surface area contributed by atoms with E-state index in [-0.39, 0.29) is 0 Å². The van der Waals surface area contributed by atoms with Gasteiger partial charge in [-0.25, -0.2) is 0 Å². The first kappa shape index (κ1) is 14.2. The Morgan fingerprint density at radius 3 is 2.17 bits per heavy atom. The summed E-state index contributed by atoms with van der Waals surface area (Å²) in [5.41, 5.74) is 0.924. The molecule has 0 amide bonds. The Kier molecular flexibility index (Phi) is 5.93. The molecule has 18 heavy (non-hydrogen) atoms. The minimum atomic E-state index is -0.946. The van der Waals surface area contributed by atoms with E-state index in [1.54, 1.807) is 19.1 Å². The van der Waals surface area contributed by atoms with Gasteiger partial charge in [-0.3, -0.25) is 0 Å². The van der Waals surface area contributed by atoms with Crippen LogP contribution in [0.2, 0.25) is 0 Å². The quantitative estimate of drug-likeness (QED) is 0.433. The molecule has 0 atom stereocenters. The van der Waals surface area contributed by atoms with Crippen molar-refractivity contribution in [2.45, 2.75) is 12.7 Å². The lowest BCUT2D eigenvalue weighted by Crippen LogP contribution is -2.31.